The maximum Gasteiger partial charge on any atom is 0.410 e. The van der Waals surface area contributed by atoms with Crippen molar-refractivity contribution < 1.29 is 23.8 Å². The van der Waals surface area contributed by atoms with E-state index in [0.29, 0.717) is 13.2 Å². The van der Waals surface area contributed by atoms with E-state index in [2.05, 4.69) is 46.4 Å². The van der Waals surface area contributed by atoms with Crippen LogP contribution in [0.4, 0.5) is 4.79 Å². The second-order valence-electron chi connectivity index (χ2n) is 15.5. The third kappa shape index (κ3) is 6.51. The van der Waals surface area contributed by atoms with Gasteiger partial charge in [-0.15, -0.1) is 0 Å². The number of aromatic amines is 1. The number of fused-ring (bicyclic) bond motifs is 3. The van der Waals surface area contributed by atoms with Crippen molar-refractivity contribution >= 4 is 23.3 Å². The van der Waals surface area contributed by atoms with Crippen molar-refractivity contribution in [2.24, 2.45) is 16.8 Å². The fourth-order valence-corrected chi connectivity index (χ4v) is 7.47. The molecule has 1 unspecified atom stereocenters. The zero-order chi connectivity index (χ0) is 33.8. The van der Waals surface area contributed by atoms with Gasteiger partial charge in [0.1, 0.15) is 29.4 Å². The number of benzene rings is 2. The molecule has 3 aliphatic heterocycles. The molecular formula is C39H46N4O5. The predicted octanol–water partition coefficient (Wildman–Crippen LogP) is 8.65. The number of amides is 1. The van der Waals surface area contributed by atoms with Crippen LogP contribution in [0.3, 0.4) is 0 Å². The molecular weight excluding hydrogens is 604 g/mol. The van der Waals surface area contributed by atoms with Gasteiger partial charge in [0.2, 0.25) is 0 Å². The lowest BCUT2D eigenvalue weighted by Gasteiger charge is -2.27. The van der Waals surface area contributed by atoms with Gasteiger partial charge in [-0.1, -0.05) is 24.6 Å². The summed E-state index contributed by atoms with van der Waals surface area (Å²) in [4.78, 5) is 40.5. The van der Waals surface area contributed by atoms with Crippen LogP contribution in [0.2, 0.25) is 0 Å². The Morgan fingerprint density at radius 2 is 1.69 bits per heavy atom. The van der Waals surface area contributed by atoms with Gasteiger partial charge in [-0.05, 0) is 108 Å². The van der Waals surface area contributed by atoms with Crippen molar-refractivity contribution in [1.29, 1.82) is 0 Å². The van der Waals surface area contributed by atoms with E-state index in [1.54, 1.807) is 4.90 Å². The molecule has 1 N–H and O–H groups in total. The number of likely N-dealkylation sites (tertiary alicyclic amines) is 1. The van der Waals surface area contributed by atoms with Crippen molar-refractivity contribution in [1.82, 2.24) is 14.9 Å². The summed E-state index contributed by atoms with van der Waals surface area (Å²) in [5, 5.41) is 0. The second kappa shape index (κ2) is 12.2. The topological polar surface area (TPSA) is 106 Å². The largest absolute Gasteiger partial charge is 0.488 e. The first-order valence-corrected chi connectivity index (χ1v) is 17.3. The summed E-state index contributed by atoms with van der Waals surface area (Å²) >= 11 is 0. The zero-order valence-electron chi connectivity index (χ0n) is 28.9. The number of allylic oxidation sites excluding steroid dienone is 1. The molecule has 0 bridgehead atoms. The molecule has 1 saturated heterocycles. The fraction of sp³-hybridized carbons (Fsp3) is 0.487. The number of nitrogens with zero attached hydrogens (tertiary/aromatic N) is 3. The van der Waals surface area contributed by atoms with E-state index >= 15 is 0 Å². The molecule has 9 heteroatoms. The summed E-state index contributed by atoms with van der Waals surface area (Å²) in [5.74, 6) is 1.54. The average molecular weight is 651 g/mol. The lowest BCUT2D eigenvalue weighted by Crippen LogP contribution is -2.36. The maximum absolute atomic E-state index is 12.9. The SMILES string of the molecule is CC(C)(C)OC(=O)C1CCC[C@H]1C1=NC=C(c2ccc3c(c2)COc2cc(-c4cnc([C@@H]5CCCN5C(=O)OC(C)(C)C)[nH]4)ccc2-3)C1. The molecule has 48 heavy (non-hydrogen) atoms. The Hall–Kier alpha value is -4.40. The molecule has 3 atom stereocenters. The monoisotopic (exact) mass is 650 g/mol. The number of aromatic nitrogens is 2. The van der Waals surface area contributed by atoms with Crippen molar-refractivity contribution in [2.45, 2.75) is 104 Å². The molecule has 9 nitrogen and oxygen atoms in total. The molecule has 2 aromatic carbocycles. The quantitative estimate of drug-likeness (QED) is 0.277. The first-order valence-electron chi connectivity index (χ1n) is 17.3. The van der Waals surface area contributed by atoms with Gasteiger partial charge in [-0.3, -0.25) is 14.7 Å². The standard InChI is InChI=1S/C39H46N4O5/c1-38(2,3)47-36(44)30-10-7-9-28(30)31-18-25(20-40-31)23-12-14-27-26(17-23)22-46-34-19-24(13-15-29(27)34)32-21-41-35(42-32)33-11-8-16-43(33)37(45)48-39(4,5)6/h12-15,17,19-21,28,30,33H,7-11,16,18,22H2,1-6H3,(H,41,42)/t28-,30?,33+/m1/s1. The molecule has 1 amide bonds. The first kappa shape index (κ1) is 32.2. The number of esters is 1. The van der Waals surface area contributed by atoms with Crippen molar-refractivity contribution in [3.05, 3.63) is 65.7 Å². The minimum Gasteiger partial charge on any atom is -0.488 e. The number of hydrogen-bond acceptors (Lipinski definition) is 7. The third-order valence-electron chi connectivity index (χ3n) is 9.65. The summed E-state index contributed by atoms with van der Waals surface area (Å²) in [7, 11) is 0. The summed E-state index contributed by atoms with van der Waals surface area (Å²) in [6, 6.07) is 12.7. The van der Waals surface area contributed by atoms with Crippen molar-refractivity contribution in [3.63, 3.8) is 0 Å². The summed E-state index contributed by atoms with van der Waals surface area (Å²) in [5.41, 5.74) is 7.60. The van der Waals surface area contributed by atoms with Crippen LogP contribution >= 0.6 is 0 Å². The Kier molecular flexibility index (Phi) is 8.20. The van der Waals surface area contributed by atoms with E-state index in [4.69, 9.17) is 19.2 Å². The molecule has 1 aliphatic carbocycles. The van der Waals surface area contributed by atoms with Crippen molar-refractivity contribution in [3.8, 4) is 28.1 Å². The smallest absolute Gasteiger partial charge is 0.410 e. The van der Waals surface area contributed by atoms with Gasteiger partial charge in [-0.2, -0.15) is 0 Å². The normalized spacial score (nSPS) is 22.0. The van der Waals surface area contributed by atoms with Crippen LogP contribution in [-0.2, 0) is 20.9 Å². The van der Waals surface area contributed by atoms with E-state index in [1.807, 2.05) is 53.9 Å². The number of rotatable bonds is 5. The van der Waals surface area contributed by atoms with Gasteiger partial charge < -0.3 is 19.2 Å². The lowest BCUT2D eigenvalue weighted by atomic mass is 9.87. The van der Waals surface area contributed by atoms with Crippen LogP contribution in [-0.4, -0.2) is 50.4 Å². The molecule has 0 spiro atoms. The van der Waals surface area contributed by atoms with Crippen LogP contribution in [0.1, 0.15) is 103 Å². The Morgan fingerprint density at radius 1 is 0.917 bits per heavy atom. The zero-order valence-corrected chi connectivity index (χ0v) is 28.9. The average Bonchev–Trinajstić information content (AvgIpc) is 3.84. The van der Waals surface area contributed by atoms with Crippen LogP contribution in [0.25, 0.3) is 28.0 Å². The van der Waals surface area contributed by atoms with Gasteiger partial charge in [0.15, 0.2) is 0 Å². The Morgan fingerprint density at radius 3 is 2.48 bits per heavy atom. The molecule has 4 aliphatic rings. The number of nitrogens with one attached hydrogen (secondary N) is 1. The number of carbonyl (C=O) groups is 2. The van der Waals surface area contributed by atoms with Gasteiger partial charge in [0, 0.05) is 41.9 Å². The Bertz CT molecular complexity index is 1810. The number of H-pyrrole nitrogens is 1. The van der Waals surface area contributed by atoms with E-state index in [9.17, 15) is 9.59 Å². The molecule has 1 aromatic heterocycles. The van der Waals surface area contributed by atoms with E-state index in [-0.39, 0.29) is 29.9 Å². The highest BCUT2D eigenvalue weighted by Crippen LogP contribution is 2.43. The van der Waals surface area contributed by atoms with E-state index in [1.165, 1.54) is 5.57 Å². The summed E-state index contributed by atoms with van der Waals surface area (Å²) in [6.45, 7) is 12.6. The van der Waals surface area contributed by atoms with Crippen LogP contribution < -0.4 is 4.74 Å². The first-order chi connectivity index (χ1) is 22.8. The summed E-state index contributed by atoms with van der Waals surface area (Å²) < 4.78 is 17.7. The van der Waals surface area contributed by atoms with Gasteiger partial charge in [0.25, 0.3) is 0 Å². The second-order valence-corrected chi connectivity index (χ2v) is 15.5. The number of ether oxygens (including phenoxy) is 3. The number of aliphatic imine (C=N–C) groups is 1. The fourth-order valence-electron chi connectivity index (χ4n) is 7.47. The molecule has 0 radical (unpaired) electrons. The van der Waals surface area contributed by atoms with Gasteiger partial charge >= 0.3 is 12.1 Å². The molecule has 252 valence electrons. The minimum atomic E-state index is -0.544. The maximum atomic E-state index is 12.9. The van der Waals surface area contributed by atoms with Crippen LogP contribution in [0.15, 0.2) is 53.8 Å². The highest BCUT2D eigenvalue weighted by atomic mass is 16.6. The lowest BCUT2D eigenvalue weighted by molar-refractivity contribution is -0.160. The van der Waals surface area contributed by atoms with E-state index < -0.39 is 11.2 Å². The van der Waals surface area contributed by atoms with Crippen molar-refractivity contribution in [2.75, 3.05) is 6.54 Å². The Balaban J connectivity index is 1.03. The molecule has 1 saturated carbocycles. The molecule has 7 rings (SSSR count). The highest BCUT2D eigenvalue weighted by Gasteiger charge is 2.40. The summed E-state index contributed by atoms with van der Waals surface area (Å²) in [6.07, 6.45) is 8.88. The van der Waals surface area contributed by atoms with Crippen LogP contribution in [0.5, 0.6) is 5.75 Å². The predicted molar refractivity (Wildman–Crippen MR) is 185 cm³/mol. The number of carbonyl (C=O) groups excluding carboxylic acids is 2. The highest BCUT2D eigenvalue weighted by molar-refractivity contribution is 6.02. The molecule has 4 heterocycles. The van der Waals surface area contributed by atoms with Crippen LogP contribution in [0, 0.1) is 11.8 Å². The molecule has 2 fully saturated rings. The van der Waals surface area contributed by atoms with Gasteiger partial charge in [0.05, 0.1) is 23.9 Å². The number of hydrogen-bond donors (Lipinski definition) is 1. The minimum absolute atomic E-state index is 0.0967. The Labute approximate surface area is 282 Å². The van der Waals surface area contributed by atoms with E-state index in [0.717, 1.165) is 89.3 Å². The van der Waals surface area contributed by atoms with Gasteiger partial charge in [-0.25, -0.2) is 9.78 Å². The molecule has 3 aromatic rings. The number of imidazole rings is 1. The third-order valence-corrected chi connectivity index (χ3v) is 9.65.